The molecular formula is C11H13N5O2S. The SMILES string of the molecule is CCC(NC(C)=O)c1nnc(-c2nccs2)[nH]c1=O. The van der Waals surface area contributed by atoms with Crippen LogP contribution in [0.2, 0.25) is 0 Å². The summed E-state index contributed by atoms with van der Waals surface area (Å²) in [6.45, 7) is 3.25. The number of aromatic nitrogens is 4. The van der Waals surface area contributed by atoms with Gasteiger partial charge in [0.1, 0.15) is 0 Å². The van der Waals surface area contributed by atoms with Crippen molar-refractivity contribution in [1.82, 2.24) is 25.5 Å². The maximum atomic E-state index is 12.0. The van der Waals surface area contributed by atoms with E-state index in [-0.39, 0.29) is 17.2 Å². The van der Waals surface area contributed by atoms with Gasteiger partial charge in [0.25, 0.3) is 5.56 Å². The molecule has 0 radical (unpaired) electrons. The number of rotatable bonds is 4. The lowest BCUT2D eigenvalue weighted by atomic mass is 10.1. The van der Waals surface area contributed by atoms with Crippen molar-refractivity contribution in [2.45, 2.75) is 26.3 Å². The number of aromatic amines is 1. The zero-order valence-electron chi connectivity index (χ0n) is 10.5. The second-order valence-corrected chi connectivity index (χ2v) is 4.78. The summed E-state index contributed by atoms with van der Waals surface area (Å²) < 4.78 is 0. The summed E-state index contributed by atoms with van der Waals surface area (Å²) in [6, 6.07) is -0.431. The molecule has 1 unspecified atom stereocenters. The Kier molecular flexibility index (Phi) is 4.00. The number of carbonyl (C=O) groups excluding carboxylic acids is 1. The maximum Gasteiger partial charge on any atom is 0.275 e. The van der Waals surface area contributed by atoms with E-state index in [1.807, 2.05) is 6.92 Å². The zero-order valence-corrected chi connectivity index (χ0v) is 11.3. The van der Waals surface area contributed by atoms with Crippen molar-refractivity contribution >= 4 is 17.2 Å². The maximum absolute atomic E-state index is 12.0. The van der Waals surface area contributed by atoms with Crippen molar-refractivity contribution in [3.8, 4) is 10.8 Å². The van der Waals surface area contributed by atoms with E-state index in [1.165, 1.54) is 18.3 Å². The minimum absolute atomic E-state index is 0.206. The number of hydrogen-bond acceptors (Lipinski definition) is 6. The van der Waals surface area contributed by atoms with E-state index in [2.05, 4.69) is 25.5 Å². The van der Waals surface area contributed by atoms with Gasteiger partial charge in [0.05, 0.1) is 6.04 Å². The van der Waals surface area contributed by atoms with Crippen LogP contribution in [0.1, 0.15) is 32.0 Å². The van der Waals surface area contributed by atoms with Gasteiger partial charge in [0, 0.05) is 18.5 Å². The summed E-state index contributed by atoms with van der Waals surface area (Å²) in [5.41, 5.74) is -0.154. The lowest BCUT2D eigenvalue weighted by Gasteiger charge is -2.13. The number of thiazole rings is 1. The summed E-state index contributed by atoms with van der Waals surface area (Å²) in [7, 11) is 0. The molecule has 0 bridgehead atoms. The first-order valence-corrected chi connectivity index (χ1v) is 6.63. The van der Waals surface area contributed by atoms with Crippen LogP contribution >= 0.6 is 11.3 Å². The van der Waals surface area contributed by atoms with Gasteiger partial charge in [-0.1, -0.05) is 6.92 Å². The van der Waals surface area contributed by atoms with E-state index in [0.717, 1.165) is 0 Å². The molecule has 0 aliphatic rings. The molecule has 2 aromatic rings. The Labute approximate surface area is 113 Å². The summed E-state index contributed by atoms with van der Waals surface area (Å²) in [5, 5.41) is 12.9. The van der Waals surface area contributed by atoms with E-state index in [4.69, 9.17) is 0 Å². The first-order valence-electron chi connectivity index (χ1n) is 5.75. The van der Waals surface area contributed by atoms with Gasteiger partial charge in [-0.15, -0.1) is 21.5 Å². The van der Waals surface area contributed by atoms with Crippen molar-refractivity contribution in [3.05, 3.63) is 27.6 Å². The Bertz CT molecular complexity index is 622. The van der Waals surface area contributed by atoms with E-state index in [9.17, 15) is 9.59 Å². The highest BCUT2D eigenvalue weighted by atomic mass is 32.1. The molecule has 7 nitrogen and oxygen atoms in total. The van der Waals surface area contributed by atoms with Gasteiger partial charge >= 0.3 is 0 Å². The molecule has 2 rings (SSSR count). The summed E-state index contributed by atoms with van der Waals surface area (Å²) >= 11 is 1.36. The minimum atomic E-state index is -0.431. The van der Waals surface area contributed by atoms with Crippen LogP contribution in [0.4, 0.5) is 0 Å². The third kappa shape index (κ3) is 3.02. The minimum Gasteiger partial charge on any atom is -0.348 e. The number of H-pyrrole nitrogens is 1. The van der Waals surface area contributed by atoms with Crippen molar-refractivity contribution in [2.75, 3.05) is 0 Å². The Hall–Kier alpha value is -2.09. The molecule has 1 amide bonds. The average molecular weight is 279 g/mol. The number of hydrogen-bond donors (Lipinski definition) is 2. The second-order valence-electron chi connectivity index (χ2n) is 3.89. The predicted molar refractivity (Wildman–Crippen MR) is 70.6 cm³/mol. The standard InChI is InChI=1S/C11H13N5O2S/c1-3-7(13-6(2)17)8-10(18)14-9(16-15-8)11-12-4-5-19-11/h4-5,7H,3H2,1-2H3,(H,13,17)(H,14,16,18). The second kappa shape index (κ2) is 5.70. The zero-order chi connectivity index (χ0) is 13.8. The van der Waals surface area contributed by atoms with Gasteiger partial charge in [-0.2, -0.15) is 0 Å². The van der Waals surface area contributed by atoms with E-state index < -0.39 is 6.04 Å². The van der Waals surface area contributed by atoms with Crippen molar-refractivity contribution in [3.63, 3.8) is 0 Å². The average Bonchev–Trinajstić information content (AvgIpc) is 2.89. The molecule has 2 N–H and O–H groups in total. The van der Waals surface area contributed by atoms with Crippen molar-refractivity contribution in [1.29, 1.82) is 0 Å². The van der Waals surface area contributed by atoms with Crippen LogP contribution in [-0.4, -0.2) is 26.1 Å². The Morgan fingerprint density at radius 3 is 2.84 bits per heavy atom. The topological polar surface area (TPSA) is 101 Å². The van der Waals surface area contributed by atoms with Crippen LogP contribution < -0.4 is 10.9 Å². The van der Waals surface area contributed by atoms with Gasteiger partial charge in [-0.05, 0) is 6.42 Å². The number of nitrogens with one attached hydrogen (secondary N) is 2. The summed E-state index contributed by atoms with van der Waals surface area (Å²) in [6.07, 6.45) is 2.19. The van der Waals surface area contributed by atoms with E-state index >= 15 is 0 Å². The molecule has 1 atom stereocenters. The smallest absolute Gasteiger partial charge is 0.275 e. The van der Waals surface area contributed by atoms with Gasteiger partial charge < -0.3 is 10.3 Å². The van der Waals surface area contributed by atoms with Crippen LogP contribution in [0.25, 0.3) is 10.8 Å². The first kappa shape index (κ1) is 13.3. The lowest BCUT2D eigenvalue weighted by Crippen LogP contribution is -2.32. The monoisotopic (exact) mass is 279 g/mol. The Balaban J connectivity index is 2.33. The number of nitrogens with zero attached hydrogens (tertiary/aromatic N) is 3. The first-order chi connectivity index (χ1) is 9.11. The van der Waals surface area contributed by atoms with Gasteiger partial charge in [0.15, 0.2) is 16.5 Å². The fraction of sp³-hybridized carbons (Fsp3) is 0.364. The van der Waals surface area contributed by atoms with Gasteiger partial charge in [-0.25, -0.2) is 4.98 Å². The Morgan fingerprint density at radius 1 is 1.53 bits per heavy atom. The highest BCUT2D eigenvalue weighted by Crippen LogP contribution is 2.16. The molecule has 0 aliphatic carbocycles. The quantitative estimate of drug-likeness (QED) is 0.865. The van der Waals surface area contributed by atoms with Gasteiger partial charge in [-0.3, -0.25) is 9.59 Å². The Morgan fingerprint density at radius 2 is 2.32 bits per heavy atom. The normalized spacial score (nSPS) is 12.1. The highest BCUT2D eigenvalue weighted by Gasteiger charge is 2.17. The fourth-order valence-electron chi connectivity index (χ4n) is 1.62. The van der Waals surface area contributed by atoms with Crippen LogP contribution in [0.15, 0.2) is 16.4 Å². The largest absolute Gasteiger partial charge is 0.348 e. The van der Waals surface area contributed by atoms with Crippen molar-refractivity contribution < 1.29 is 4.79 Å². The highest BCUT2D eigenvalue weighted by molar-refractivity contribution is 7.12. The van der Waals surface area contributed by atoms with Crippen LogP contribution in [0.5, 0.6) is 0 Å². The molecule has 2 heterocycles. The third-order valence-electron chi connectivity index (χ3n) is 2.47. The molecule has 8 heteroatoms. The number of carbonyl (C=O) groups is 1. The summed E-state index contributed by atoms with van der Waals surface area (Å²) in [5.74, 6) is 0.124. The summed E-state index contributed by atoms with van der Waals surface area (Å²) in [4.78, 5) is 29.7. The molecule has 0 saturated carbocycles. The third-order valence-corrected chi connectivity index (χ3v) is 3.25. The molecule has 19 heavy (non-hydrogen) atoms. The molecule has 0 saturated heterocycles. The van der Waals surface area contributed by atoms with Crippen molar-refractivity contribution in [2.24, 2.45) is 0 Å². The van der Waals surface area contributed by atoms with Crippen LogP contribution in [0, 0.1) is 0 Å². The van der Waals surface area contributed by atoms with Gasteiger partial charge in [0.2, 0.25) is 5.91 Å². The lowest BCUT2D eigenvalue weighted by molar-refractivity contribution is -0.119. The molecule has 0 spiro atoms. The van der Waals surface area contributed by atoms with E-state index in [0.29, 0.717) is 17.3 Å². The molecule has 100 valence electrons. The van der Waals surface area contributed by atoms with Crippen LogP contribution in [0.3, 0.4) is 0 Å². The molecule has 2 aromatic heterocycles. The van der Waals surface area contributed by atoms with Crippen LogP contribution in [-0.2, 0) is 4.79 Å². The molecule has 0 fully saturated rings. The predicted octanol–water partition coefficient (Wildman–Crippen LogP) is 0.876. The van der Waals surface area contributed by atoms with E-state index in [1.54, 1.807) is 11.6 Å². The molecular weight excluding hydrogens is 266 g/mol. The fourth-order valence-corrected chi connectivity index (χ4v) is 2.20. The number of amides is 1. The molecule has 0 aliphatic heterocycles. The molecule has 0 aromatic carbocycles.